The summed E-state index contributed by atoms with van der Waals surface area (Å²) in [6.07, 6.45) is 42.4. The molecule has 0 aromatic rings. The highest BCUT2D eigenvalue weighted by molar-refractivity contribution is 7.47. The number of carbonyl (C=O) groups excluding carboxylic acids is 2. The lowest BCUT2D eigenvalue weighted by Gasteiger charge is -2.19. The molecule has 0 saturated carbocycles. The van der Waals surface area contributed by atoms with Crippen molar-refractivity contribution in [2.75, 3.05) is 19.8 Å². The number of esters is 2. The van der Waals surface area contributed by atoms with Crippen molar-refractivity contribution in [3.05, 3.63) is 24.3 Å². The third-order valence-electron chi connectivity index (χ3n) is 9.26. The zero-order valence-corrected chi connectivity index (χ0v) is 34.9. The van der Waals surface area contributed by atoms with Crippen molar-refractivity contribution in [2.45, 2.75) is 219 Å². The minimum Gasteiger partial charge on any atom is -0.462 e. The molecule has 52 heavy (non-hydrogen) atoms. The Morgan fingerprint density at radius 2 is 0.923 bits per heavy atom. The third-order valence-corrected chi connectivity index (χ3v) is 10.3. The molecule has 0 rings (SSSR count). The van der Waals surface area contributed by atoms with Crippen LogP contribution in [0, 0.1) is 0 Å². The van der Waals surface area contributed by atoms with Gasteiger partial charge in [0.15, 0.2) is 6.10 Å². The number of carbonyl (C=O) groups is 2. The fourth-order valence-corrected chi connectivity index (χ4v) is 6.83. The molecule has 8 nitrogen and oxygen atoms in total. The molecule has 9 heteroatoms. The second-order valence-electron chi connectivity index (χ2n) is 14.4. The quantitative estimate of drug-likeness (QED) is 0.0285. The van der Waals surface area contributed by atoms with Gasteiger partial charge >= 0.3 is 19.8 Å². The second kappa shape index (κ2) is 39.2. The normalized spacial score (nSPS) is 13.5. The molecule has 2 atom stereocenters. The molecule has 0 aromatic heterocycles. The van der Waals surface area contributed by atoms with Crippen LogP contribution >= 0.6 is 7.82 Å². The molecule has 0 saturated heterocycles. The zero-order chi connectivity index (χ0) is 38.2. The summed E-state index contributed by atoms with van der Waals surface area (Å²) < 4.78 is 32.6. The first-order valence-electron chi connectivity index (χ1n) is 21.6. The summed E-state index contributed by atoms with van der Waals surface area (Å²) in [5, 5.41) is 0. The van der Waals surface area contributed by atoms with Crippen LogP contribution in [-0.2, 0) is 32.7 Å². The monoisotopic (exact) mass is 757 g/mol. The number of ether oxygens (including phenoxy) is 2. The van der Waals surface area contributed by atoms with E-state index < -0.39 is 19.9 Å². The summed E-state index contributed by atoms with van der Waals surface area (Å²) in [6, 6.07) is 0. The van der Waals surface area contributed by atoms with E-state index in [-0.39, 0.29) is 32.2 Å². The van der Waals surface area contributed by atoms with E-state index in [4.69, 9.17) is 18.5 Å². The van der Waals surface area contributed by atoms with Crippen LogP contribution < -0.4 is 0 Å². The Kier molecular flexibility index (Phi) is 38.1. The largest absolute Gasteiger partial charge is 0.472 e. The number of unbranched alkanes of at least 4 members (excludes halogenated alkanes) is 24. The highest BCUT2D eigenvalue weighted by Crippen LogP contribution is 2.43. The van der Waals surface area contributed by atoms with Gasteiger partial charge in [0.2, 0.25) is 0 Å². The first-order valence-corrected chi connectivity index (χ1v) is 23.1. The van der Waals surface area contributed by atoms with Gasteiger partial charge in [0.1, 0.15) is 6.61 Å². The van der Waals surface area contributed by atoms with E-state index in [0.29, 0.717) is 12.8 Å². The number of hydrogen-bond acceptors (Lipinski definition) is 7. The van der Waals surface area contributed by atoms with Crippen molar-refractivity contribution in [2.24, 2.45) is 0 Å². The van der Waals surface area contributed by atoms with Gasteiger partial charge < -0.3 is 14.4 Å². The van der Waals surface area contributed by atoms with Crippen molar-refractivity contribution < 1.29 is 37.6 Å². The van der Waals surface area contributed by atoms with Crippen LogP contribution in [0.5, 0.6) is 0 Å². The first-order chi connectivity index (χ1) is 25.3. The maximum Gasteiger partial charge on any atom is 0.472 e. The summed E-state index contributed by atoms with van der Waals surface area (Å²) in [6.45, 7) is 5.45. The topological polar surface area (TPSA) is 108 Å². The zero-order valence-electron chi connectivity index (χ0n) is 34.0. The van der Waals surface area contributed by atoms with Gasteiger partial charge in [-0.1, -0.05) is 173 Å². The van der Waals surface area contributed by atoms with E-state index in [2.05, 4.69) is 38.2 Å². The van der Waals surface area contributed by atoms with Crippen LogP contribution in [-0.4, -0.2) is 42.8 Å². The second-order valence-corrected chi connectivity index (χ2v) is 15.8. The summed E-state index contributed by atoms with van der Waals surface area (Å²) in [5.74, 6) is -0.796. The lowest BCUT2D eigenvalue weighted by Crippen LogP contribution is -2.29. The van der Waals surface area contributed by atoms with Gasteiger partial charge in [-0.3, -0.25) is 18.6 Å². The summed E-state index contributed by atoms with van der Waals surface area (Å²) in [5.41, 5.74) is 0. The fraction of sp³-hybridized carbons (Fsp3) is 0.860. The number of allylic oxidation sites excluding steroid dienone is 4. The molecule has 0 aliphatic heterocycles. The van der Waals surface area contributed by atoms with Gasteiger partial charge in [-0.2, -0.15) is 0 Å². The van der Waals surface area contributed by atoms with Crippen LogP contribution in [0.25, 0.3) is 0 Å². The minimum absolute atomic E-state index is 0.00193. The lowest BCUT2D eigenvalue weighted by atomic mass is 10.0. The van der Waals surface area contributed by atoms with Gasteiger partial charge in [0.05, 0.1) is 13.2 Å². The van der Waals surface area contributed by atoms with E-state index in [9.17, 15) is 19.0 Å². The average Bonchev–Trinajstić information content (AvgIpc) is 3.12. The van der Waals surface area contributed by atoms with Crippen LogP contribution in [0.15, 0.2) is 24.3 Å². The molecule has 1 N–H and O–H groups in total. The van der Waals surface area contributed by atoms with Gasteiger partial charge in [-0.15, -0.1) is 0 Å². The Balaban J connectivity index is 3.96. The molecule has 0 heterocycles. The molecule has 0 fully saturated rings. The van der Waals surface area contributed by atoms with E-state index in [1.54, 1.807) is 6.92 Å². The van der Waals surface area contributed by atoms with Crippen LogP contribution in [0.2, 0.25) is 0 Å². The number of rotatable bonds is 40. The van der Waals surface area contributed by atoms with Crippen LogP contribution in [0.1, 0.15) is 213 Å². The van der Waals surface area contributed by atoms with Crippen LogP contribution in [0.4, 0.5) is 0 Å². The van der Waals surface area contributed by atoms with Crippen molar-refractivity contribution in [1.82, 2.24) is 0 Å². The molecule has 0 aliphatic carbocycles. The minimum atomic E-state index is -4.27. The molecule has 306 valence electrons. The Hall–Kier alpha value is -1.47. The summed E-state index contributed by atoms with van der Waals surface area (Å²) in [4.78, 5) is 34.6. The molecular weight excluding hydrogens is 675 g/mol. The molecular formula is C43H81O8P. The molecule has 0 aromatic carbocycles. The Bertz CT molecular complexity index is 906. The summed E-state index contributed by atoms with van der Waals surface area (Å²) in [7, 11) is -4.27. The highest BCUT2D eigenvalue weighted by Gasteiger charge is 2.25. The number of hydrogen-bond donors (Lipinski definition) is 1. The van der Waals surface area contributed by atoms with Gasteiger partial charge in [0, 0.05) is 12.8 Å². The molecule has 0 aliphatic rings. The average molecular weight is 757 g/mol. The van der Waals surface area contributed by atoms with Gasteiger partial charge in [-0.05, 0) is 51.9 Å². The predicted octanol–water partition coefficient (Wildman–Crippen LogP) is 13.5. The van der Waals surface area contributed by atoms with E-state index in [0.717, 1.165) is 38.5 Å². The molecule has 2 unspecified atom stereocenters. The van der Waals surface area contributed by atoms with E-state index in [1.807, 2.05) is 0 Å². The molecule has 0 spiro atoms. The maximum absolute atomic E-state index is 12.5. The standard InChI is InChI=1S/C43H81O8P/c1-4-7-9-11-13-15-16-17-18-19-20-21-22-23-24-25-26-27-28-30-32-34-36-38-43(45)51-41(40-50-52(46,47)49-6-3)39-48-42(44)37-35-33-31-29-14-12-10-8-5-2/h16-17,19-20,41H,4-15,18,21-40H2,1-3H3,(H,46,47)/b17-16-,20-19-. The third kappa shape index (κ3) is 38.3. The number of phosphoric ester groups is 1. The Labute approximate surface area is 320 Å². The van der Waals surface area contributed by atoms with Gasteiger partial charge in [-0.25, -0.2) is 4.57 Å². The molecule has 0 amide bonds. The highest BCUT2D eigenvalue weighted by atomic mass is 31.2. The molecule has 0 bridgehead atoms. The Morgan fingerprint density at radius 3 is 1.37 bits per heavy atom. The maximum atomic E-state index is 12.5. The van der Waals surface area contributed by atoms with Crippen molar-refractivity contribution in [3.63, 3.8) is 0 Å². The predicted molar refractivity (Wildman–Crippen MR) is 216 cm³/mol. The Morgan fingerprint density at radius 1 is 0.519 bits per heavy atom. The van der Waals surface area contributed by atoms with Gasteiger partial charge in [0.25, 0.3) is 0 Å². The lowest BCUT2D eigenvalue weighted by molar-refractivity contribution is -0.161. The number of phosphoric acid groups is 1. The van der Waals surface area contributed by atoms with Crippen LogP contribution in [0.3, 0.4) is 0 Å². The SMILES string of the molecule is CCCCCCC/C=C\C/C=C\CCCCCCCCCCCCCC(=O)OC(COC(=O)CCCCCCCCCCC)COP(=O)(O)OCC. The summed E-state index contributed by atoms with van der Waals surface area (Å²) >= 11 is 0. The van der Waals surface area contributed by atoms with Crippen molar-refractivity contribution in [3.8, 4) is 0 Å². The van der Waals surface area contributed by atoms with E-state index >= 15 is 0 Å². The van der Waals surface area contributed by atoms with Crippen molar-refractivity contribution >= 4 is 19.8 Å². The van der Waals surface area contributed by atoms with E-state index in [1.165, 1.54) is 135 Å². The molecule has 0 radical (unpaired) electrons. The smallest absolute Gasteiger partial charge is 0.462 e. The fourth-order valence-electron chi connectivity index (χ4n) is 6.07. The first kappa shape index (κ1) is 50.5. The van der Waals surface area contributed by atoms with Crippen molar-refractivity contribution in [1.29, 1.82) is 0 Å².